The van der Waals surface area contributed by atoms with Crippen LogP contribution in [0.5, 0.6) is 0 Å². The van der Waals surface area contributed by atoms with Crippen molar-refractivity contribution in [1.29, 1.82) is 0 Å². The van der Waals surface area contributed by atoms with Crippen molar-refractivity contribution in [2.45, 2.75) is 56.7 Å². The fraction of sp³-hybridized carbons (Fsp3) is 0.562. The lowest BCUT2D eigenvalue weighted by atomic mass is 9.94. The van der Waals surface area contributed by atoms with Gasteiger partial charge in [-0.2, -0.15) is 0 Å². The van der Waals surface area contributed by atoms with Crippen molar-refractivity contribution < 1.29 is 9.90 Å². The zero-order chi connectivity index (χ0) is 14.3. The molecule has 2 bridgehead atoms. The predicted molar refractivity (Wildman–Crippen MR) is 81.5 cm³/mol. The van der Waals surface area contributed by atoms with E-state index in [4.69, 9.17) is 0 Å². The molecule has 1 amide bonds. The van der Waals surface area contributed by atoms with E-state index in [1.165, 1.54) is 0 Å². The van der Waals surface area contributed by atoms with Gasteiger partial charge in [-0.1, -0.05) is 28.1 Å². The third-order valence-corrected chi connectivity index (χ3v) is 5.23. The second-order valence-electron chi connectivity index (χ2n) is 6.03. The Bertz CT molecular complexity index is 488. The summed E-state index contributed by atoms with van der Waals surface area (Å²) in [4.78, 5) is 14.8. The average Bonchev–Trinajstić information content (AvgIpc) is 2.70. The van der Waals surface area contributed by atoms with E-state index in [-0.39, 0.29) is 30.0 Å². The van der Waals surface area contributed by atoms with E-state index in [2.05, 4.69) is 20.8 Å². The van der Waals surface area contributed by atoms with Gasteiger partial charge in [-0.3, -0.25) is 4.79 Å². The number of benzene rings is 1. The van der Waals surface area contributed by atoms with Crippen molar-refractivity contribution in [2.24, 2.45) is 0 Å². The van der Waals surface area contributed by atoms with Gasteiger partial charge >= 0.3 is 0 Å². The Hall–Kier alpha value is -0.870. The molecule has 2 aliphatic rings. The first-order valence-electron chi connectivity index (χ1n) is 7.32. The van der Waals surface area contributed by atoms with Crippen molar-refractivity contribution in [1.82, 2.24) is 4.90 Å². The number of hydrogen-bond acceptors (Lipinski definition) is 2. The van der Waals surface area contributed by atoms with Gasteiger partial charge in [0.25, 0.3) is 0 Å². The maximum absolute atomic E-state index is 12.8. The van der Waals surface area contributed by atoms with Crippen LogP contribution in [0.15, 0.2) is 28.7 Å². The molecule has 3 unspecified atom stereocenters. The number of hydrogen-bond donors (Lipinski definition) is 1. The molecule has 2 saturated heterocycles. The van der Waals surface area contributed by atoms with Gasteiger partial charge in [0.2, 0.25) is 5.91 Å². The second kappa shape index (κ2) is 5.49. The van der Waals surface area contributed by atoms with Crippen LogP contribution in [0.2, 0.25) is 0 Å². The molecular weight excluding hydrogens is 318 g/mol. The molecule has 20 heavy (non-hydrogen) atoms. The summed E-state index contributed by atoms with van der Waals surface area (Å²) in [5.41, 5.74) is 1.06. The normalized spacial score (nSPS) is 30.4. The second-order valence-corrected chi connectivity index (χ2v) is 6.94. The van der Waals surface area contributed by atoms with Gasteiger partial charge in [-0.15, -0.1) is 0 Å². The Morgan fingerprint density at radius 1 is 1.25 bits per heavy atom. The number of aliphatic hydroxyl groups excluding tert-OH is 1. The van der Waals surface area contributed by atoms with Crippen LogP contribution >= 0.6 is 15.9 Å². The minimum absolute atomic E-state index is 0.110. The molecule has 4 heteroatoms. The van der Waals surface area contributed by atoms with Gasteiger partial charge in [0.15, 0.2) is 0 Å². The molecule has 1 aromatic rings. The molecule has 3 nitrogen and oxygen atoms in total. The van der Waals surface area contributed by atoms with Crippen molar-refractivity contribution in [3.63, 3.8) is 0 Å². The van der Waals surface area contributed by atoms with Gasteiger partial charge < -0.3 is 10.0 Å². The van der Waals surface area contributed by atoms with E-state index < -0.39 is 0 Å². The van der Waals surface area contributed by atoms with Crippen molar-refractivity contribution >= 4 is 21.8 Å². The van der Waals surface area contributed by atoms with Gasteiger partial charge in [-0.25, -0.2) is 0 Å². The predicted octanol–water partition coefficient (Wildman–Crippen LogP) is 3.07. The van der Waals surface area contributed by atoms with Gasteiger partial charge in [0.05, 0.1) is 12.0 Å². The zero-order valence-electron chi connectivity index (χ0n) is 11.6. The molecule has 108 valence electrons. The maximum Gasteiger partial charge on any atom is 0.230 e. The van der Waals surface area contributed by atoms with Crippen molar-refractivity contribution in [2.75, 3.05) is 0 Å². The van der Waals surface area contributed by atoms with Crippen LogP contribution in [-0.2, 0) is 4.79 Å². The van der Waals surface area contributed by atoms with Crippen LogP contribution in [0.3, 0.4) is 0 Å². The Morgan fingerprint density at radius 3 is 2.35 bits per heavy atom. The first-order valence-corrected chi connectivity index (χ1v) is 8.11. The Balaban J connectivity index is 1.77. The maximum atomic E-state index is 12.8. The summed E-state index contributed by atoms with van der Waals surface area (Å²) in [6.45, 7) is 1.98. The number of carbonyl (C=O) groups is 1. The summed E-state index contributed by atoms with van der Waals surface area (Å²) >= 11 is 3.42. The molecule has 1 aromatic carbocycles. The number of aliphatic hydroxyl groups is 1. The van der Waals surface area contributed by atoms with E-state index in [9.17, 15) is 9.90 Å². The number of piperidine rings is 1. The molecule has 2 heterocycles. The quantitative estimate of drug-likeness (QED) is 0.900. The van der Waals surface area contributed by atoms with Crippen LogP contribution in [0, 0.1) is 0 Å². The van der Waals surface area contributed by atoms with Crippen LogP contribution < -0.4 is 0 Å². The molecule has 3 rings (SSSR count). The largest absolute Gasteiger partial charge is 0.393 e. The molecule has 2 aliphatic heterocycles. The summed E-state index contributed by atoms with van der Waals surface area (Å²) < 4.78 is 1.03. The fourth-order valence-corrected chi connectivity index (χ4v) is 3.89. The Kier molecular flexibility index (Phi) is 3.87. The first-order chi connectivity index (χ1) is 9.56. The zero-order valence-corrected chi connectivity index (χ0v) is 13.2. The minimum Gasteiger partial charge on any atom is -0.393 e. The van der Waals surface area contributed by atoms with Crippen molar-refractivity contribution in [3.05, 3.63) is 34.3 Å². The highest BCUT2D eigenvalue weighted by atomic mass is 79.9. The molecule has 3 atom stereocenters. The lowest BCUT2D eigenvalue weighted by molar-refractivity contribution is -0.138. The van der Waals surface area contributed by atoms with Gasteiger partial charge in [0.1, 0.15) is 0 Å². The monoisotopic (exact) mass is 337 g/mol. The number of halogens is 1. The van der Waals surface area contributed by atoms with E-state index in [0.717, 1.165) is 35.7 Å². The van der Waals surface area contributed by atoms with E-state index in [0.29, 0.717) is 0 Å². The molecule has 1 N–H and O–H groups in total. The third kappa shape index (κ3) is 2.51. The average molecular weight is 338 g/mol. The molecular formula is C16H20BrNO2. The third-order valence-electron chi connectivity index (χ3n) is 4.70. The van der Waals surface area contributed by atoms with E-state index in [1.807, 2.05) is 31.2 Å². The lowest BCUT2D eigenvalue weighted by Gasteiger charge is -2.38. The highest BCUT2D eigenvalue weighted by Gasteiger charge is 2.43. The van der Waals surface area contributed by atoms with Gasteiger partial charge in [-0.05, 0) is 50.3 Å². The minimum atomic E-state index is -0.223. The number of amides is 1. The summed E-state index contributed by atoms with van der Waals surface area (Å²) in [6.07, 6.45) is 3.35. The smallest absolute Gasteiger partial charge is 0.230 e. The van der Waals surface area contributed by atoms with Crippen LogP contribution in [0.25, 0.3) is 0 Å². The standard InChI is InChI=1S/C16H20BrNO2/c1-10(11-2-4-12(17)5-3-11)16(20)18-13-6-7-14(18)9-15(19)8-13/h2-5,10,13-15,19H,6-9H2,1H3. The SMILES string of the molecule is CC(C(=O)N1C2CCC1CC(O)C2)c1ccc(Br)cc1. The summed E-state index contributed by atoms with van der Waals surface area (Å²) in [6, 6.07) is 8.46. The highest BCUT2D eigenvalue weighted by molar-refractivity contribution is 9.10. The first kappa shape index (κ1) is 14.1. The summed E-state index contributed by atoms with van der Waals surface area (Å²) in [7, 11) is 0. The number of carbonyl (C=O) groups excluding carboxylic acids is 1. The topological polar surface area (TPSA) is 40.5 Å². The summed E-state index contributed by atoms with van der Waals surface area (Å²) in [5.74, 6) is 0.105. The lowest BCUT2D eigenvalue weighted by Crippen LogP contribution is -2.49. The number of nitrogens with zero attached hydrogens (tertiary/aromatic N) is 1. The Labute approximate surface area is 128 Å². The van der Waals surface area contributed by atoms with Crippen molar-refractivity contribution in [3.8, 4) is 0 Å². The molecule has 0 aliphatic carbocycles. The Morgan fingerprint density at radius 2 is 1.80 bits per heavy atom. The molecule has 2 fully saturated rings. The van der Waals surface area contributed by atoms with Crippen LogP contribution in [0.4, 0.5) is 0 Å². The molecule has 0 spiro atoms. The highest BCUT2D eigenvalue weighted by Crippen LogP contribution is 2.37. The van der Waals surface area contributed by atoms with Crippen LogP contribution in [0.1, 0.15) is 44.1 Å². The fourth-order valence-electron chi connectivity index (χ4n) is 3.63. The number of rotatable bonds is 2. The molecule has 0 radical (unpaired) electrons. The molecule has 0 aromatic heterocycles. The number of fused-ring (bicyclic) bond motifs is 2. The van der Waals surface area contributed by atoms with Gasteiger partial charge in [0, 0.05) is 16.6 Å². The van der Waals surface area contributed by atoms with E-state index in [1.54, 1.807) is 0 Å². The summed E-state index contributed by atoms with van der Waals surface area (Å²) in [5, 5.41) is 9.83. The molecule has 0 saturated carbocycles. The van der Waals surface area contributed by atoms with Crippen LogP contribution in [-0.4, -0.2) is 34.1 Å². The van der Waals surface area contributed by atoms with E-state index >= 15 is 0 Å².